The van der Waals surface area contributed by atoms with E-state index in [0.717, 1.165) is 0 Å². The molecule has 0 aliphatic carbocycles. The number of hydrogen-bond donors (Lipinski definition) is 2. The molecule has 100 valence electrons. The molecule has 0 aromatic heterocycles. The van der Waals surface area contributed by atoms with Gasteiger partial charge in [-0.2, -0.15) is 6.07 Å². The Morgan fingerprint density at radius 3 is 1.82 bits per heavy atom. The predicted octanol–water partition coefficient (Wildman–Crippen LogP) is 2.85. The van der Waals surface area contributed by atoms with Crippen LogP contribution in [0.15, 0.2) is 48.5 Å². The third kappa shape index (κ3) is 5.33. The first-order valence-corrected chi connectivity index (χ1v) is 5.56. The van der Waals surface area contributed by atoms with E-state index in [1.54, 1.807) is 0 Å². The van der Waals surface area contributed by atoms with Crippen molar-refractivity contribution in [2.45, 2.75) is 25.9 Å². The van der Waals surface area contributed by atoms with Crippen LogP contribution in [0.4, 0.5) is 0 Å². The van der Waals surface area contributed by atoms with Crippen LogP contribution in [0.3, 0.4) is 0 Å². The van der Waals surface area contributed by atoms with Gasteiger partial charge in [0.05, 0.1) is 0 Å². The summed E-state index contributed by atoms with van der Waals surface area (Å²) in [5.41, 5.74) is 13.8. The van der Waals surface area contributed by atoms with E-state index in [2.05, 4.69) is 0 Å². The minimum Gasteiger partial charge on any atom is -0.748 e. The average Bonchev–Trinajstić information content (AvgIpc) is 2.92. The molecule has 0 radical (unpaired) electrons. The predicted molar refractivity (Wildman–Crippen MR) is 69.3 cm³/mol. The summed E-state index contributed by atoms with van der Waals surface area (Å²) in [6, 6.07) is 16.2. The standard InChI is InChI=1S/C9H15N2.C5H5.Fe/c1-6(10)8-4-3-5-9(8)7(2)11;1-2-4-5-3-1;/h3-7H,10-11H2,1-2H3;1-5H;/q-1;-5;. The van der Waals surface area contributed by atoms with E-state index < -0.39 is 0 Å². The first kappa shape index (κ1) is 16.1. The fourth-order valence-corrected chi connectivity index (χ4v) is 1.60. The van der Waals surface area contributed by atoms with Crippen molar-refractivity contribution >= 4 is 0 Å². The molecule has 0 heterocycles. The maximum Gasteiger partial charge on any atom is 0.00361 e. The van der Waals surface area contributed by atoms with Crippen molar-refractivity contribution < 1.29 is 17.1 Å². The molecule has 0 aliphatic heterocycles. The zero-order valence-corrected chi connectivity index (χ0v) is 11.4. The van der Waals surface area contributed by atoms with Gasteiger partial charge in [0, 0.05) is 23.1 Å². The molecule has 0 saturated carbocycles. The second-order valence-electron chi connectivity index (χ2n) is 3.98. The van der Waals surface area contributed by atoms with Crippen LogP contribution in [0.2, 0.25) is 0 Å². The van der Waals surface area contributed by atoms with Gasteiger partial charge in [0.25, 0.3) is 0 Å². The van der Waals surface area contributed by atoms with E-state index in [1.165, 1.54) is 11.1 Å². The molecule has 0 amide bonds. The molecule has 2 aromatic carbocycles. The van der Waals surface area contributed by atoms with Crippen LogP contribution < -0.4 is 11.5 Å². The molecule has 0 spiro atoms. The summed E-state index contributed by atoms with van der Waals surface area (Å²) in [6.45, 7) is 3.95. The molecule has 0 saturated heterocycles. The first-order valence-electron chi connectivity index (χ1n) is 5.56. The number of rotatable bonds is 2. The van der Waals surface area contributed by atoms with Crippen LogP contribution in [-0.2, 0) is 17.1 Å². The Bertz CT molecular complexity index is 335. The Hall–Kier alpha value is -0.861. The first-order chi connectivity index (χ1) is 7.63. The zero-order chi connectivity index (χ0) is 12.0. The summed E-state index contributed by atoms with van der Waals surface area (Å²) >= 11 is 0. The van der Waals surface area contributed by atoms with E-state index >= 15 is 0 Å². The van der Waals surface area contributed by atoms with Gasteiger partial charge in [-0.3, -0.25) is 0 Å². The number of hydrogen-bond acceptors (Lipinski definition) is 2. The van der Waals surface area contributed by atoms with E-state index in [4.69, 9.17) is 11.5 Å². The zero-order valence-electron chi connectivity index (χ0n) is 10.3. The smallest absolute Gasteiger partial charge is 0.00361 e. The van der Waals surface area contributed by atoms with Crippen molar-refractivity contribution in [3.8, 4) is 0 Å². The van der Waals surface area contributed by atoms with Gasteiger partial charge in [0.1, 0.15) is 0 Å². The van der Waals surface area contributed by atoms with Crippen molar-refractivity contribution in [1.29, 1.82) is 0 Å². The van der Waals surface area contributed by atoms with Gasteiger partial charge >= 0.3 is 0 Å². The van der Waals surface area contributed by atoms with Gasteiger partial charge in [0.15, 0.2) is 0 Å². The Balaban J connectivity index is 0.000000360. The maximum atomic E-state index is 5.74. The topological polar surface area (TPSA) is 52.0 Å². The monoisotopic (exact) mass is 272 g/mol. The second-order valence-corrected chi connectivity index (χ2v) is 3.98. The normalized spacial score (nSPS) is 12.9. The Morgan fingerprint density at radius 1 is 1.06 bits per heavy atom. The molecular weight excluding hydrogens is 252 g/mol. The molecule has 2 nitrogen and oxygen atoms in total. The molecule has 4 N–H and O–H groups in total. The quantitative estimate of drug-likeness (QED) is 0.652. The molecule has 2 atom stereocenters. The largest absolute Gasteiger partial charge is 0.748 e. The van der Waals surface area contributed by atoms with Crippen LogP contribution in [0.5, 0.6) is 0 Å². The fraction of sp³-hybridized carbons (Fsp3) is 0.286. The summed E-state index contributed by atoms with van der Waals surface area (Å²) < 4.78 is 0. The number of nitrogens with two attached hydrogens (primary N) is 2. The van der Waals surface area contributed by atoms with Crippen molar-refractivity contribution in [3.05, 3.63) is 59.7 Å². The average molecular weight is 272 g/mol. The fourth-order valence-electron chi connectivity index (χ4n) is 1.60. The van der Waals surface area contributed by atoms with E-state index in [1.807, 2.05) is 62.4 Å². The van der Waals surface area contributed by atoms with Gasteiger partial charge in [-0.15, -0.1) is 11.1 Å². The van der Waals surface area contributed by atoms with Gasteiger partial charge in [0.2, 0.25) is 0 Å². The molecule has 2 unspecified atom stereocenters. The Kier molecular flexibility index (Phi) is 7.84. The molecule has 0 bridgehead atoms. The van der Waals surface area contributed by atoms with Crippen LogP contribution in [-0.4, -0.2) is 0 Å². The van der Waals surface area contributed by atoms with Gasteiger partial charge in [-0.1, -0.05) is 6.92 Å². The molecular formula is C14H20FeN2-6. The van der Waals surface area contributed by atoms with Crippen molar-refractivity contribution in [2.24, 2.45) is 11.5 Å². The van der Waals surface area contributed by atoms with Crippen molar-refractivity contribution in [3.63, 3.8) is 0 Å². The second kappa shape index (κ2) is 8.26. The molecule has 0 aliphatic rings. The summed E-state index contributed by atoms with van der Waals surface area (Å²) in [4.78, 5) is 0. The van der Waals surface area contributed by atoms with Crippen LogP contribution in [0.25, 0.3) is 0 Å². The van der Waals surface area contributed by atoms with Crippen LogP contribution in [0.1, 0.15) is 37.1 Å². The molecule has 3 heteroatoms. The summed E-state index contributed by atoms with van der Waals surface area (Å²) in [5.74, 6) is 0. The van der Waals surface area contributed by atoms with E-state index in [-0.39, 0.29) is 29.2 Å². The van der Waals surface area contributed by atoms with Crippen LogP contribution >= 0.6 is 0 Å². The summed E-state index contributed by atoms with van der Waals surface area (Å²) in [6.07, 6.45) is 0. The summed E-state index contributed by atoms with van der Waals surface area (Å²) in [5, 5.41) is 0. The molecule has 2 rings (SSSR count). The Morgan fingerprint density at radius 2 is 1.53 bits per heavy atom. The maximum absolute atomic E-state index is 5.74. The minimum absolute atomic E-state index is 0. The van der Waals surface area contributed by atoms with Crippen molar-refractivity contribution in [2.75, 3.05) is 0 Å². The molecule has 2 aromatic rings. The SMILES string of the molecule is CC(N)c1ccc[c-]1C(C)N.[Fe].[cH-]1[cH-][cH-][cH-][cH-]1. The molecule has 0 fully saturated rings. The van der Waals surface area contributed by atoms with Crippen molar-refractivity contribution in [1.82, 2.24) is 0 Å². The Labute approximate surface area is 114 Å². The van der Waals surface area contributed by atoms with Gasteiger partial charge < -0.3 is 41.8 Å². The van der Waals surface area contributed by atoms with Gasteiger partial charge in [-0.05, 0) is 13.0 Å². The minimum atomic E-state index is 0. The third-order valence-corrected chi connectivity index (χ3v) is 2.42. The van der Waals surface area contributed by atoms with Crippen LogP contribution in [0, 0.1) is 0 Å². The third-order valence-electron chi connectivity index (χ3n) is 2.42. The van der Waals surface area contributed by atoms with E-state index in [9.17, 15) is 0 Å². The van der Waals surface area contributed by atoms with E-state index in [0.29, 0.717) is 0 Å². The molecule has 17 heavy (non-hydrogen) atoms. The van der Waals surface area contributed by atoms with Gasteiger partial charge in [-0.25, -0.2) is 12.1 Å². The summed E-state index contributed by atoms with van der Waals surface area (Å²) in [7, 11) is 0.